The topological polar surface area (TPSA) is 64.6 Å². The van der Waals surface area contributed by atoms with Gasteiger partial charge in [0.2, 0.25) is 0 Å². The molecule has 0 aliphatic rings. The van der Waals surface area contributed by atoms with Crippen LogP contribution in [0.4, 0.5) is 4.79 Å². The fourth-order valence-corrected chi connectivity index (χ4v) is 2.50. The third-order valence-corrected chi connectivity index (χ3v) is 3.99. The third kappa shape index (κ3) is 5.03. The molecule has 2 atom stereocenters. The van der Waals surface area contributed by atoms with Crippen molar-refractivity contribution in [3.05, 3.63) is 71.8 Å². The summed E-state index contributed by atoms with van der Waals surface area (Å²) in [5, 5.41) is 1.97. The van der Waals surface area contributed by atoms with E-state index in [4.69, 9.17) is 9.47 Å². The van der Waals surface area contributed by atoms with Crippen LogP contribution in [0.25, 0.3) is 0 Å². The Balaban J connectivity index is 2.00. The molecule has 1 amide bonds. The van der Waals surface area contributed by atoms with E-state index in [9.17, 15) is 9.59 Å². The van der Waals surface area contributed by atoms with E-state index in [-0.39, 0.29) is 6.61 Å². The number of methoxy groups -OCH3 is 1. The van der Waals surface area contributed by atoms with Gasteiger partial charge in [0.15, 0.2) is 0 Å². The van der Waals surface area contributed by atoms with Crippen LogP contribution in [0.15, 0.2) is 60.7 Å². The van der Waals surface area contributed by atoms with Crippen molar-refractivity contribution in [2.45, 2.75) is 17.9 Å². The number of rotatable bonds is 6. The third-order valence-electron chi connectivity index (χ3n) is 3.40. The second-order valence-corrected chi connectivity index (χ2v) is 5.62. The molecular weight excluding hydrogens is 326 g/mol. The maximum Gasteiger partial charge on any atom is 0.408 e. The first-order chi connectivity index (χ1) is 11.6. The second kappa shape index (κ2) is 8.98. The number of carbonyl (C=O) groups is 2. The first-order valence-electron chi connectivity index (χ1n) is 7.40. The van der Waals surface area contributed by atoms with Crippen molar-refractivity contribution in [3.63, 3.8) is 0 Å². The van der Waals surface area contributed by atoms with Crippen molar-refractivity contribution in [2.24, 2.45) is 0 Å². The van der Waals surface area contributed by atoms with Crippen LogP contribution in [0, 0.1) is 0 Å². The first kappa shape index (κ1) is 17.9. The molecule has 2 aromatic carbocycles. The minimum Gasteiger partial charge on any atom is -0.467 e. The summed E-state index contributed by atoms with van der Waals surface area (Å²) >= 11 is 4.45. The summed E-state index contributed by atoms with van der Waals surface area (Å²) in [6, 6.07) is 17.5. The van der Waals surface area contributed by atoms with E-state index >= 15 is 0 Å². The van der Waals surface area contributed by atoms with Gasteiger partial charge in [-0.25, -0.2) is 9.59 Å². The molecule has 5 nitrogen and oxygen atoms in total. The van der Waals surface area contributed by atoms with Crippen LogP contribution >= 0.6 is 12.6 Å². The SMILES string of the molecule is COC(=O)C(NC(=O)OCc1ccccc1)C(S)c1ccccc1. The zero-order chi connectivity index (χ0) is 17.4. The molecule has 24 heavy (non-hydrogen) atoms. The van der Waals surface area contributed by atoms with E-state index in [2.05, 4.69) is 17.9 Å². The van der Waals surface area contributed by atoms with Crippen LogP contribution in [-0.2, 0) is 20.9 Å². The highest BCUT2D eigenvalue weighted by Gasteiger charge is 2.30. The zero-order valence-electron chi connectivity index (χ0n) is 13.2. The highest BCUT2D eigenvalue weighted by atomic mass is 32.1. The van der Waals surface area contributed by atoms with E-state index in [1.165, 1.54) is 7.11 Å². The Morgan fingerprint density at radius 1 is 1.04 bits per heavy atom. The molecule has 0 heterocycles. The summed E-state index contributed by atoms with van der Waals surface area (Å²) in [6.45, 7) is 0.114. The summed E-state index contributed by atoms with van der Waals surface area (Å²) in [7, 11) is 1.26. The quantitative estimate of drug-likeness (QED) is 0.624. The number of nitrogens with one attached hydrogen (secondary N) is 1. The van der Waals surface area contributed by atoms with Gasteiger partial charge in [0.1, 0.15) is 12.6 Å². The molecule has 0 aromatic heterocycles. The van der Waals surface area contributed by atoms with E-state index in [1.807, 2.05) is 60.7 Å². The van der Waals surface area contributed by atoms with Gasteiger partial charge >= 0.3 is 12.1 Å². The number of ether oxygens (including phenoxy) is 2. The maximum atomic E-state index is 12.0. The van der Waals surface area contributed by atoms with E-state index in [0.29, 0.717) is 0 Å². The van der Waals surface area contributed by atoms with E-state index in [1.54, 1.807) is 0 Å². The molecule has 6 heteroatoms. The Bertz CT molecular complexity index is 663. The average molecular weight is 345 g/mol. The van der Waals surface area contributed by atoms with Gasteiger partial charge in [0.05, 0.1) is 12.4 Å². The number of hydrogen-bond donors (Lipinski definition) is 2. The number of carbonyl (C=O) groups excluding carboxylic acids is 2. The molecule has 0 spiro atoms. The molecule has 0 radical (unpaired) electrons. The number of thiol groups is 1. The van der Waals surface area contributed by atoms with Crippen molar-refractivity contribution in [1.82, 2.24) is 5.32 Å². The van der Waals surface area contributed by atoms with Gasteiger partial charge in [0.25, 0.3) is 0 Å². The van der Waals surface area contributed by atoms with Crippen LogP contribution in [0.2, 0.25) is 0 Å². The molecule has 1 N–H and O–H groups in total. The lowest BCUT2D eigenvalue weighted by molar-refractivity contribution is -0.143. The normalized spacial score (nSPS) is 12.8. The summed E-state index contributed by atoms with van der Waals surface area (Å²) < 4.78 is 9.91. The fraction of sp³-hybridized carbons (Fsp3) is 0.222. The van der Waals surface area contributed by atoms with Crippen LogP contribution in [0.3, 0.4) is 0 Å². The number of hydrogen-bond acceptors (Lipinski definition) is 5. The lowest BCUT2D eigenvalue weighted by atomic mass is 10.1. The summed E-state index contributed by atoms with van der Waals surface area (Å²) in [6.07, 6.45) is -0.704. The monoisotopic (exact) mass is 345 g/mol. The molecule has 0 fully saturated rings. The number of benzene rings is 2. The van der Waals surface area contributed by atoms with Gasteiger partial charge in [-0.2, -0.15) is 12.6 Å². The van der Waals surface area contributed by atoms with Gasteiger partial charge in [-0.05, 0) is 11.1 Å². The Morgan fingerprint density at radius 3 is 2.21 bits per heavy atom. The Morgan fingerprint density at radius 2 is 1.62 bits per heavy atom. The second-order valence-electron chi connectivity index (χ2n) is 5.06. The largest absolute Gasteiger partial charge is 0.467 e. The maximum absolute atomic E-state index is 12.0. The van der Waals surface area contributed by atoms with Crippen molar-refractivity contribution in [1.29, 1.82) is 0 Å². The minimum absolute atomic E-state index is 0.114. The molecule has 0 saturated carbocycles. The zero-order valence-corrected chi connectivity index (χ0v) is 14.1. The molecule has 2 rings (SSSR count). The predicted octanol–water partition coefficient (Wildman–Crippen LogP) is 3.13. The van der Waals surface area contributed by atoms with Gasteiger partial charge in [-0.3, -0.25) is 0 Å². The van der Waals surface area contributed by atoms with Crippen molar-refractivity contribution >= 4 is 24.7 Å². The average Bonchev–Trinajstić information content (AvgIpc) is 2.65. The number of esters is 1. The summed E-state index contributed by atoms with van der Waals surface area (Å²) in [5.41, 5.74) is 1.65. The van der Waals surface area contributed by atoms with E-state index < -0.39 is 23.4 Å². The van der Waals surface area contributed by atoms with Gasteiger partial charge in [0, 0.05) is 0 Å². The number of alkyl carbamates (subject to hydrolysis) is 1. The molecular formula is C18H19NO4S. The van der Waals surface area contributed by atoms with Gasteiger partial charge in [-0.1, -0.05) is 60.7 Å². The molecule has 0 aliphatic heterocycles. The van der Waals surface area contributed by atoms with Crippen molar-refractivity contribution < 1.29 is 19.1 Å². The summed E-state index contributed by atoms with van der Waals surface area (Å²) in [5.74, 6) is -0.587. The molecule has 0 saturated heterocycles. The highest BCUT2D eigenvalue weighted by Crippen LogP contribution is 2.24. The Labute approximate surface area is 146 Å². The highest BCUT2D eigenvalue weighted by molar-refractivity contribution is 7.80. The smallest absolute Gasteiger partial charge is 0.408 e. The number of amides is 1. The predicted molar refractivity (Wildman–Crippen MR) is 93.7 cm³/mol. The molecule has 2 unspecified atom stereocenters. The lowest BCUT2D eigenvalue weighted by Crippen LogP contribution is -2.44. The van der Waals surface area contributed by atoms with Crippen molar-refractivity contribution in [3.8, 4) is 0 Å². The lowest BCUT2D eigenvalue weighted by Gasteiger charge is -2.22. The molecule has 0 bridgehead atoms. The van der Waals surface area contributed by atoms with Gasteiger partial charge in [-0.15, -0.1) is 0 Å². The fourth-order valence-electron chi connectivity index (χ4n) is 2.13. The van der Waals surface area contributed by atoms with Crippen LogP contribution in [0.1, 0.15) is 16.4 Å². The first-order valence-corrected chi connectivity index (χ1v) is 7.91. The molecule has 0 aliphatic carbocycles. The molecule has 126 valence electrons. The minimum atomic E-state index is -0.955. The Kier molecular flexibility index (Phi) is 6.69. The standard InChI is InChI=1S/C18H19NO4S/c1-22-17(20)15(16(24)14-10-6-3-7-11-14)19-18(21)23-12-13-8-4-2-5-9-13/h2-11,15-16,24H,12H2,1H3,(H,19,21). The Hall–Kier alpha value is -2.47. The van der Waals surface area contributed by atoms with E-state index in [0.717, 1.165) is 11.1 Å². The summed E-state index contributed by atoms with van der Waals surface area (Å²) in [4.78, 5) is 24.0. The molecule has 2 aromatic rings. The van der Waals surface area contributed by atoms with Crippen molar-refractivity contribution in [2.75, 3.05) is 7.11 Å². The van der Waals surface area contributed by atoms with Crippen LogP contribution in [-0.4, -0.2) is 25.2 Å². The van der Waals surface area contributed by atoms with Crippen LogP contribution < -0.4 is 5.32 Å². The van der Waals surface area contributed by atoms with Crippen LogP contribution in [0.5, 0.6) is 0 Å². The van der Waals surface area contributed by atoms with Gasteiger partial charge < -0.3 is 14.8 Å².